The Bertz CT molecular complexity index is 773. The van der Waals surface area contributed by atoms with Crippen molar-refractivity contribution < 1.29 is 29.6 Å². The summed E-state index contributed by atoms with van der Waals surface area (Å²) in [5.74, 6) is -1.28. The molecule has 10 atom stereocenters. The number of hydrogen-bond acceptors (Lipinski definition) is 8. The van der Waals surface area contributed by atoms with E-state index in [0.29, 0.717) is 12.8 Å². The fraction of sp³-hybridized carbons (Fsp3) is 0.966. The Kier molecular flexibility index (Phi) is 10.7. The van der Waals surface area contributed by atoms with Crippen LogP contribution in [-0.4, -0.2) is 113 Å². The number of aliphatic hydroxyl groups is 3. The molecule has 2 saturated heterocycles. The molecule has 0 bridgehead atoms. The third kappa shape index (κ3) is 7.47. The first-order chi connectivity index (χ1) is 17.7. The zero-order valence-electron chi connectivity index (χ0n) is 25.0. The van der Waals surface area contributed by atoms with E-state index < -0.39 is 42.0 Å². The summed E-state index contributed by atoms with van der Waals surface area (Å²) in [5.41, 5.74) is -1.56. The third-order valence-electron chi connectivity index (χ3n) is 9.42. The predicted molar refractivity (Wildman–Crippen MR) is 148 cm³/mol. The lowest BCUT2D eigenvalue weighted by Crippen LogP contribution is -2.59. The van der Waals surface area contributed by atoms with Gasteiger partial charge in [-0.25, -0.2) is 0 Å². The molecule has 3 aliphatic rings. The molecule has 1 spiro atoms. The van der Waals surface area contributed by atoms with Crippen LogP contribution in [0.1, 0.15) is 79.6 Å². The first-order valence-electron chi connectivity index (χ1n) is 14.7. The minimum Gasteiger partial charge on any atom is -0.392 e. The number of ether oxygens (including phenoxy) is 2. The van der Waals surface area contributed by atoms with Gasteiger partial charge in [-0.15, -0.1) is 0 Å². The van der Waals surface area contributed by atoms with Gasteiger partial charge in [-0.3, -0.25) is 4.79 Å². The second-order valence-electron chi connectivity index (χ2n) is 13.4. The Morgan fingerprint density at radius 3 is 2.32 bits per heavy atom. The van der Waals surface area contributed by atoms with E-state index in [1.165, 1.54) is 0 Å². The number of carbonyl (C=O) groups is 1. The summed E-state index contributed by atoms with van der Waals surface area (Å²) in [4.78, 5) is 17.7. The van der Waals surface area contributed by atoms with Gasteiger partial charge in [0.2, 0.25) is 5.91 Å². The van der Waals surface area contributed by atoms with Crippen molar-refractivity contribution in [1.29, 1.82) is 0 Å². The van der Waals surface area contributed by atoms with Crippen molar-refractivity contribution in [2.45, 2.75) is 127 Å². The average molecular weight is 542 g/mol. The topological polar surface area (TPSA) is 115 Å². The van der Waals surface area contributed by atoms with E-state index in [9.17, 15) is 20.1 Å². The second kappa shape index (κ2) is 12.8. The van der Waals surface area contributed by atoms with Gasteiger partial charge in [0.1, 0.15) is 6.10 Å². The number of nitrogens with one attached hydrogen (secondary N) is 1. The monoisotopic (exact) mass is 541 g/mol. The molecule has 2 heterocycles. The molecule has 0 aromatic heterocycles. The molecule has 4 N–H and O–H groups in total. The van der Waals surface area contributed by atoms with E-state index in [4.69, 9.17) is 9.47 Å². The molecule has 0 aromatic carbocycles. The first kappa shape index (κ1) is 31.7. The summed E-state index contributed by atoms with van der Waals surface area (Å²) >= 11 is 0. The van der Waals surface area contributed by atoms with Gasteiger partial charge in [-0.1, -0.05) is 33.6 Å². The van der Waals surface area contributed by atoms with Crippen LogP contribution in [0.5, 0.6) is 0 Å². The van der Waals surface area contributed by atoms with Crippen LogP contribution in [0, 0.1) is 17.8 Å². The van der Waals surface area contributed by atoms with Crippen molar-refractivity contribution in [2.75, 3.05) is 34.2 Å². The van der Waals surface area contributed by atoms with Gasteiger partial charge in [0.05, 0.1) is 29.8 Å². The molecule has 3 rings (SSSR count). The maximum atomic E-state index is 13.4. The summed E-state index contributed by atoms with van der Waals surface area (Å²) in [5, 5.41) is 37.8. The van der Waals surface area contributed by atoms with Crippen molar-refractivity contribution in [3.05, 3.63) is 0 Å². The second-order valence-corrected chi connectivity index (χ2v) is 13.4. The smallest absolute Gasteiger partial charge is 0.225 e. The van der Waals surface area contributed by atoms with Crippen LogP contribution in [0.2, 0.25) is 0 Å². The van der Waals surface area contributed by atoms with Gasteiger partial charge in [0.25, 0.3) is 0 Å². The number of aliphatic hydroxyl groups excluding tert-OH is 2. The fourth-order valence-corrected chi connectivity index (χ4v) is 7.20. The normalized spacial score (nSPS) is 44.2. The quantitative estimate of drug-likeness (QED) is 0.429. The lowest BCUT2D eigenvalue weighted by molar-refractivity contribution is -0.299. The molecule has 9 nitrogen and oxygen atoms in total. The van der Waals surface area contributed by atoms with Crippen molar-refractivity contribution >= 4 is 5.91 Å². The van der Waals surface area contributed by atoms with Crippen LogP contribution in [-0.2, 0) is 14.3 Å². The molecule has 1 amide bonds. The number of likely N-dealkylation sites (N-methyl/N-ethyl adjacent to an activating group) is 1. The Morgan fingerprint density at radius 2 is 1.71 bits per heavy atom. The zero-order chi connectivity index (χ0) is 28.4. The lowest BCUT2D eigenvalue weighted by Gasteiger charge is -2.47. The van der Waals surface area contributed by atoms with Crippen LogP contribution in [0.25, 0.3) is 0 Å². The van der Waals surface area contributed by atoms with E-state index >= 15 is 0 Å². The number of carbonyl (C=O) groups excluding carboxylic acids is 1. The standard InChI is InChI=1S/C29H55N3O6/c1-18-16-28(5,36)25(38-27-24(34)22(31(6)7)15-19(2)37-27)20(3)23(33)21(4)26(35)30-29(11-9-10-12-29)13-14-32(8)17-18/h18-25,27,33-34,36H,9-17H2,1-8H3,(H,30,35)/t18-,19-,20+,21-,22+,23+,24-,25-,27+,28-/m1/s1. The third-order valence-corrected chi connectivity index (χ3v) is 9.42. The SMILES string of the molecule is C[C@H]1CN(C)CCC2(CCCC2)NC(=O)[C@H](C)[C@@H](O)[C@H](C)[C@@H](O[C@@H]2O[C@H](C)C[C@H](N(C)C)[C@H]2O)[C@](C)(O)C1. The van der Waals surface area contributed by atoms with Crippen LogP contribution < -0.4 is 5.32 Å². The highest BCUT2D eigenvalue weighted by atomic mass is 16.7. The largest absolute Gasteiger partial charge is 0.392 e. The molecule has 2 aliphatic heterocycles. The van der Waals surface area contributed by atoms with E-state index in [1.807, 2.05) is 32.8 Å². The van der Waals surface area contributed by atoms with Gasteiger partial charge in [0, 0.05) is 30.6 Å². The molecular formula is C29H55N3O6. The van der Waals surface area contributed by atoms with Gasteiger partial charge in [-0.2, -0.15) is 0 Å². The molecule has 3 fully saturated rings. The summed E-state index contributed by atoms with van der Waals surface area (Å²) in [6.45, 7) is 11.0. The van der Waals surface area contributed by atoms with Crippen molar-refractivity contribution in [3.63, 3.8) is 0 Å². The summed E-state index contributed by atoms with van der Waals surface area (Å²) in [6.07, 6.45) is 2.18. The molecule has 9 heteroatoms. The minimum atomic E-state index is -1.33. The van der Waals surface area contributed by atoms with Gasteiger partial charge < -0.3 is 39.9 Å². The van der Waals surface area contributed by atoms with Crippen LogP contribution in [0.3, 0.4) is 0 Å². The molecular weight excluding hydrogens is 486 g/mol. The predicted octanol–water partition coefficient (Wildman–Crippen LogP) is 1.97. The average Bonchev–Trinajstić information content (AvgIpc) is 3.28. The summed E-state index contributed by atoms with van der Waals surface area (Å²) in [6, 6.07) is -0.160. The number of hydrogen-bond donors (Lipinski definition) is 4. The lowest BCUT2D eigenvalue weighted by atomic mass is 9.77. The van der Waals surface area contributed by atoms with E-state index in [2.05, 4.69) is 24.2 Å². The molecule has 0 radical (unpaired) electrons. The Balaban J connectivity index is 1.91. The van der Waals surface area contributed by atoms with Gasteiger partial charge in [0.15, 0.2) is 6.29 Å². The van der Waals surface area contributed by atoms with Crippen LogP contribution >= 0.6 is 0 Å². The van der Waals surface area contributed by atoms with Crippen molar-refractivity contribution in [2.24, 2.45) is 17.8 Å². The van der Waals surface area contributed by atoms with E-state index in [-0.39, 0.29) is 29.5 Å². The minimum absolute atomic E-state index is 0.139. The Morgan fingerprint density at radius 1 is 1.08 bits per heavy atom. The molecule has 1 aliphatic carbocycles. The molecule has 1 saturated carbocycles. The van der Waals surface area contributed by atoms with Crippen LogP contribution in [0.4, 0.5) is 0 Å². The number of nitrogens with zero attached hydrogens (tertiary/aromatic N) is 2. The molecule has 38 heavy (non-hydrogen) atoms. The zero-order valence-corrected chi connectivity index (χ0v) is 25.0. The van der Waals surface area contributed by atoms with Crippen LogP contribution in [0.15, 0.2) is 0 Å². The Labute approximate surface area is 230 Å². The van der Waals surface area contributed by atoms with Gasteiger partial charge in [-0.05, 0) is 73.0 Å². The highest BCUT2D eigenvalue weighted by molar-refractivity contribution is 5.79. The van der Waals surface area contributed by atoms with E-state index in [0.717, 1.165) is 45.2 Å². The maximum absolute atomic E-state index is 13.4. The Hall–Kier alpha value is -0.810. The number of amides is 1. The highest BCUT2D eigenvalue weighted by Gasteiger charge is 2.48. The summed E-state index contributed by atoms with van der Waals surface area (Å²) < 4.78 is 12.5. The summed E-state index contributed by atoms with van der Waals surface area (Å²) in [7, 11) is 5.94. The highest BCUT2D eigenvalue weighted by Crippen LogP contribution is 2.37. The number of rotatable bonds is 3. The van der Waals surface area contributed by atoms with Crippen molar-refractivity contribution in [3.8, 4) is 0 Å². The fourth-order valence-electron chi connectivity index (χ4n) is 7.20. The van der Waals surface area contributed by atoms with Gasteiger partial charge >= 0.3 is 0 Å². The van der Waals surface area contributed by atoms with Crippen molar-refractivity contribution in [1.82, 2.24) is 15.1 Å². The molecule has 0 unspecified atom stereocenters. The van der Waals surface area contributed by atoms with E-state index in [1.54, 1.807) is 13.8 Å². The molecule has 222 valence electrons. The first-order valence-corrected chi connectivity index (χ1v) is 14.7. The molecule has 0 aromatic rings. The maximum Gasteiger partial charge on any atom is 0.225 e.